The lowest BCUT2D eigenvalue weighted by molar-refractivity contribution is -0.385. The summed E-state index contributed by atoms with van der Waals surface area (Å²) in [6, 6.07) is 12.9. The van der Waals surface area contributed by atoms with Gasteiger partial charge in [0.25, 0.3) is 5.69 Å². The Hall–Kier alpha value is -3.07. The van der Waals surface area contributed by atoms with Crippen molar-refractivity contribution in [1.29, 1.82) is 0 Å². The molecule has 3 rings (SSSR count). The Balaban J connectivity index is 1.98. The Morgan fingerprint density at radius 1 is 1.18 bits per heavy atom. The summed E-state index contributed by atoms with van der Waals surface area (Å²) in [4.78, 5) is 34.4. The van der Waals surface area contributed by atoms with Crippen LogP contribution in [0, 0.1) is 10.1 Å². The fourth-order valence-corrected chi connectivity index (χ4v) is 3.33. The van der Waals surface area contributed by atoms with Crippen LogP contribution < -0.4 is 0 Å². The fraction of sp³-hybridized carbons (Fsp3) is 0.211. The van der Waals surface area contributed by atoms with E-state index >= 15 is 0 Å². The molecular formula is C19H16BrN3O5. The predicted octanol–water partition coefficient (Wildman–Crippen LogP) is 3.90. The maximum absolute atomic E-state index is 12.6. The first kappa shape index (κ1) is 19.7. The summed E-state index contributed by atoms with van der Waals surface area (Å²) in [6.45, 7) is 0. The zero-order valence-corrected chi connectivity index (χ0v) is 16.2. The van der Waals surface area contributed by atoms with Crippen LogP contribution in [0.2, 0.25) is 0 Å². The number of nitro groups is 1. The van der Waals surface area contributed by atoms with E-state index in [1.165, 1.54) is 11.1 Å². The topological polar surface area (TPSA) is 113 Å². The van der Waals surface area contributed by atoms with Gasteiger partial charge in [-0.1, -0.05) is 40.2 Å². The van der Waals surface area contributed by atoms with E-state index in [-0.39, 0.29) is 18.5 Å². The van der Waals surface area contributed by atoms with Crippen LogP contribution in [0.25, 0.3) is 0 Å². The maximum atomic E-state index is 12.6. The maximum Gasteiger partial charge on any atom is 0.303 e. The number of nitro benzene ring substituents is 1. The zero-order valence-electron chi connectivity index (χ0n) is 14.6. The number of carboxylic acids is 1. The average molecular weight is 446 g/mol. The second-order valence-electron chi connectivity index (χ2n) is 6.22. The van der Waals surface area contributed by atoms with E-state index in [2.05, 4.69) is 21.0 Å². The molecule has 9 heteroatoms. The third kappa shape index (κ3) is 4.25. The van der Waals surface area contributed by atoms with Crippen LogP contribution in [0.1, 0.15) is 36.4 Å². The highest BCUT2D eigenvalue weighted by Gasteiger charge is 2.36. The SMILES string of the molecule is O=C(O)CCC(=O)N1N=C(c2ccc(Br)cc2)C[C@H]1c1ccccc1[N+](=O)[O-]. The lowest BCUT2D eigenvalue weighted by Gasteiger charge is -2.21. The highest BCUT2D eigenvalue weighted by molar-refractivity contribution is 9.10. The number of carbonyl (C=O) groups excluding carboxylic acids is 1. The molecule has 0 aliphatic carbocycles. The number of hydrogen-bond donors (Lipinski definition) is 1. The van der Waals surface area contributed by atoms with Gasteiger partial charge in [0.05, 0.1) is 28.7 Å². The normalized spacial score (nSPS) is 16.0. The second-order valence-corrected chi connectivity index (χ2v) is 7.14. The Morgan fingerprint density at radius 3 is 2.50 bits per heavy atom. The van der Waals surface area contributed by atoms with Crippen LogP contribution in [0.15, 0.2) is 58.1 Å². The summed E-state index contributed by atoms with van der Waals surface area (Å²) in [5.74, 6) is -1.58. The molecule has 0 spiro atoms. The van der Waals surface area contributed by atoms with Crippen molar-refractivity contribution >= 4 is 39.2 Å². The van der Waals surface area contributed by atoms with Crippen LogP contribution in [-0.2, 0) is 9.59 Å². The summed E-state index contributed by atoms with van der Waals surface area (Å²) < 4.78 is 0.888. The molecule has 28 heavy (non-hydrogen) atoms. The lowest BCUT2D eigenvalue weighted by Crippen LogP contribution is -2.27. The Morgan fingerprint density at radius 2 is 1.86 bits per heavy atom. The van der Waals surface area contributed by atoms with E-state index in [0.717, 1.165) is 10.0 Å². The summed E-state index contributed by atoms with van der Waals surface area (Å²) in [7, 11) is 0. The fourth-order valence-electron chi connectivity index (χ4n) is 3.06. The Bertz CT molecular complexity index is 958. The number of aliphatic carboxylic acids is 1. The van der Waals surface area contributed by atoms with Gasteiger partial charge in [0.2, 0.25) is 5.91 Å². The smallest absolute Gasteiger partial charge is 0.303 e. The van der Waals surface area contributed by atoms with Gasteiger partial charge in [-0.2, -0.15) is 5.10 Å². The number of para-hydroxylation sites is 1. The molecule has 1 aliphatic heterocycles. The molecule has 0 saturated carbocycles. The van der Waals surface area contributed by atoms with Gasteiger partial charge in [-0.05, 0) is 23.8 Å². The van der Waals surface area contributed by atoms with E-state index < -0.39 is 22.8 Å². The van der Waals surface area contributed by atoms with Crippen molar-refractivity contribution in [2.75, 3.05) is 0 Å². The third-order valence-electron chi connectivity index (χ3n) is 4.39. The molecule has 2 aromatic carbocycles. The van der Waals surface area contributed by atoms with Crippen molar-refractivity contribution in [1.82, 2.24) is 5.01 Å². The minimum absolute atomic E-state index is 0.101. The zero-order chi connectivity index (χ0) is 20.3. The number of halogens is 1. The number of nitrogens with zero attached hydrogens (tertiary/aromatic N) is 3. The van der Waals surface area contributed by atoms with E-state index in [9.17, 15) is 19.7 Å². The summed E-state index contributed by atoms with van der Waals surface area (Å²) in [5, 5.41) is 25.9. The van der Waals surface area contributed by atoms with Crippen molar-refractivity contribution in [3.8, 4) is 0 Å². The number of carbonyl (C=O) groups is 2. The van der Waals surface area contributed by atoms with Gasteiger partial charge in [0, 0.05) is 23.4 Å². The number of hydrogen-bond acceptors (Lipinski definition) is 5. The number of hydrazone groups is 1. The molecule has 0 radical (unpaired) electrons. The van der Waals surface area contributed by atoms with Gasteiger partial charge in [-0.25, -0.2) is 5.01 Å². The van der Waals surface area contributed by atoms with Gasteiger partial charge in [0.15, 0.2) is 0 Å². The van der Waals surface area contributed by atoms with Gasteiger partial charge in [0.1, 0.15) is 0 Å². The molecule has 2 aromatic rings. The van der Waals surface area contributed by atoms with E-state index in [4.69, 9.17) is 5.11 Å². The van der Waals surface area contributed by atoms with Crippen LogP contribution >= 0.6 is 15.9 Å². The van der Waals surface area contributed by atoms with E-state index in [1.807, 2.05) is 24.3 Å². The quantitative estimate of drug-likeness (QED) is 0.534. The molecule has 0 aromatic heterocycles. The molecule has 1 atom stereocenters. The molecule has 1 heterocycles. The summed E-state index contributed by atoms with van der Waals surface area (Å²) in [6.07, 6.45) is -0.267. The Kier molecular flexibility index (Phi) is 5.84. The summed E-state index contributed by atoms with van der Waals surface area (Å²) in [5.41, 5.74) is 1.67. The minimum Gasteiger partial charge on any atom is -0.481 e. The Labute approximate surface area is 168 Å². The summed E-state index contributed by atoms with van der Waals surface area (Å²) >= 11 is 3.36. The van der Waals surface area contributed by atoms with Gasteiger partial charge in [-0.15, -0.1) is 0 Å². The standard InChI is InChI=1S/C19H16BrN3O5/c20-13-7-5-12(6-8-13)15-11-17(14-3-1-2-4-16(14)23(27)28)22(21-15)18(24)9-10-19(25)26/h1-8,17H,9-11H2,(H,25,26)/t17-/m0/s1. The minimum atomic E-state index is -1.09. The molecule has 1 N–H and O–H groups in total. The molecular weight excluding hydrogens is 430 g/mol. The van der Waals surface area contributed by atoms with Crippen molar-refractivity contribution in [2.24, 2.45) is 5.10 Å². The number of benzene rings is 2. The van der Waals surface area contributed by atoms with Crippen molar-refractivity contribution in [3.05, 3.63) is 74.2 Å². The van der Waals surface area contributed by atoms with Crippen molar-refractivity contribution in [3.63, 3.8) is 0 Å². The number of amides is 1. The van der Waals surface area contributed by atoms with Gasteiger partial charge >= 0.3 is 5.97 Å². The molecule has 8 nitrogen and oxygen atoms in total. The van der Waals surface area contributed by atoms with Crippen LogP contribution in [-0.4, -0.2) is 32.6 Å². The molecule has 144 valence electrons. The predicted molar refractivity (Wildman–Crippen MR) is 105 cm³/mol. The number of rotatable bonds is 6. The van der Waals surface area contributed by atoms with Gasteiger partial charge < -0.3 is 5.11 Å². The first-order valence-electron chi connectivity index (χ1n) is 8.47. The molecule has 1 amide bonds. The highest BCUT2D eigenvalue weighted by Crippen LogP contribution is 2.37. The van der Waals surface area contributed by atoms with Crippen molar-refractivity contribution in [2.45, 2.75) is 25.3 Å². The molecule has 0 saturated heterocycles. The second kappa shape index (κ2) is 8.30. The largest absolute Gasteiger partial charge is 0.481 e. The molecule has 0 unspecified atom stereocenters. The molecule has 0 bridgehead atoms. The van der Waals surface area contributed by atoms with Crippen LogP contribution in [0.3, 0.4) is 0 Å². The van der Waals surface area contributed by atoms with Crippen LogP contribution in [0.5, 0.6) is 0 Å². The highest BCUT2D eigenvalue weighted by atomic mass is 79.9. The average Bonchev–Trinajstić information content (AvgIpc) is 3.12. The van der Waals surface area contributed by atoms with E-state index in [1.54, 1.807) is 18.2 Å². The lowest BCUT2D eigenvalue weighted by atomic mass is 9.97. The van der Waals surface area contributed by atoms with Gasteiger partial charge in [-0.3, -0.25) is 19.7 Å². The van der Waals surface area contributed by atoms with Crippen LogP contribution in [0.4, 0.5) is 5.69 Å². The first-order chi connectivity index (χ1) is 13.4. The monoisotopic (exact) mass is 445 g/mol. The molecule has 0 fully saturated rings. The van der Waals surface area contributed by atoms with Crippen molar-refractivity contribution < 1.29 is 19.6 Å². The molecule has 1 aliphatic rings. The van der Waals surface area contributed by atoms with E-state index in [0.29, 0.717) is 17.7 Å². The number of carboxylic acid groups (broad SMARTS) is 1. The third-order valence-corrected chi connectivity index (χ3v) is 4.92. The first-order valence-corrected chi connectivity index (χ1v) is 9.26.